The van der Waals surface area contributed by atoms with Crippen molar-refractivity contribution >= 4 is 17.7 Å². The quantitative estimate of drug-likeness (QED) is 0.890. The molecule has 1 amide bonds. The maximum Gasteiger partial charge on any atom is 0.251 e. The number of ether oxygens (including phenoxy) is 1. The third-order valence-electron chi connectivity index (χ3n) is 3.49. The zero-order valence-corrected chi connectivity index (χ0v) is 12.0. The van der Waals surface area contributed by atoms with Gasteiger partial charge in [-0.05, 0) is 43.7 Å². The maximum atomic E-state index is 12.1. The minimum Gasteiger partial charge on any atom is -0.504 e. The van der Waals surface area contributed by atoms with Gasteiger partial charge in [0.2, 0.25) is 0 Å². The Balaban J connectivity index is 1.98. The van der Waals surface area contributed by atoms with Gasteiger partial charge in [0.1, 0.15) is 0 Å². The molecule has 0 radical (unpaired) electrons. The van der Waals surface area contributed by atoms with Crippen LogP contribution >= 0.6 is 11.8 Å². The Labute approximate surface area is 117 Å². The van der Waals surface area contributed by atoms with Gasteiger partial charge < -0.3 is 15.2 Å². The van der Waals surface area contributed by atoms with E-state index in [-0.39, 0.29) is 17.7 Å². The number of phenols is 1. The predicted molar refractivity (Wildman–Crippen MR) is 77.1 cm³/mol. The molecule has 104 valence electrons. The minimum atomic E-state index is -0.135. The summed E-state index contributed by atoms with van der Waals surface area (Å²) in [6, 6.07) is 4.95. The Morgan fingerprint density at radius 3 is 2.84 bits per heavy atom. The first-order valence-electron chi connectivity index (χ1n) is 6.34. The van der Waals surface area contributed by atoms with E-state index in [2.05, 4.69) is 11.6 Å². The number of rotatable bonds is 4. The highest BCUT2D eigenvalue weighted by molar-refractivity contribution is 7.99. The van der Waals surface area contributed by atoms with Crippen LogP contribution in [0.15, 0.2) is 18.2 Å². The number of carbonyl (C=O) groups is 1. The first-order valence-corrected chi connectivity index (χ1v) is 7.63. The maximum absolute atomic E-state index is 12.1. The molecule has 0 heterocycles. The summed E-state index contributed by atoms with van der Waals surface area (Å²) < 4.78 is 4.96. The molecule has 4 nitrogen and oxygen atoms in total. The van der Waals surface area contributed by atoms with Crippen molar-refractivity contribution in [3.8, 4) is 11.5 Å². The normalized spacial score (nSPS) is 22.2. The molecule has 1 fully saturated rings. The highest BCUT2D eigenvalue weighted by Crippen LogP contribution is 2.29. The summed E-state index contributed by atoms with van der Waals surface area (Å²) in [6.45, 7) is 0. The lowest BCUT2D eigenvalue weighted by atomic mass is 10.1. The van der Waals surface area contributed by atoms with Crippen LogP contribution in [-0.2, 0) is 0 Å². The lowest BCUT2D eigenvalue weighted by Crippen LogP contribution is -2.33. The number of amides is 1. The lowest BCUT2D eigenvalue weighted by Gasteiger charge is -2.13. The molecule has 0 aromatic heterocycles. The molecule has 0 spiro atoms. The van der Waals surface area contributed by atoms with Crippen LogP contribution in [0.1, 0.15) is 29.6 Å². The molecule has 1 saturated carbocycles. The first-order chi connectivity index (χ1) is 9.13. The van der Waals surface area contributed by atoms with Crippen molar-refractivity contribution in [2.75, 3.05) is 13.4 Å². The average molecular weight is 281 g/mol. The van der Waals surface area contributed by atoms with Gasteiger partial charge in [-0.15, -0.1) is 0 Å². The van der Waals surface area contributed by atoms with Crippen LogP contribution in [0, 0.1) is 0 Å². The summed E-state index contributed by atoms with van der Waals surface area (Å²) in [5.74, 6) is 0.230. The number of phenolic OH excluding ortho intramolecular Hbond substituents is 1. The topological polar surface area (TPSA) is 58.6 Å². The van der Waals surface area contributed by atoms with Crippen molar-refractivity contribution in [2.24, 2.45) is 0 Å². The van der Waals surface area contributed by atoms with Crippen molar-refractivity contribution in [1.82, 2.24) is 5.32 Å². The predicted octanol–water partition coefficient (Wildman–Crippen LogP) is 2.41. The number of aromatic hydroxyl groups is 1. The van der Waals surface area contributed by atoms with Gasteiger partial charge in [-0.3, -0.25) is 4.79 Å². The molecule has 19 heavy (non-hydrogen) atoms. The number of nitrogens with one attached hydrogen (secondary N) is 1. The zero-order valence-electron chi connectivity index (χ0n) is 11.2. The third kappa shape index (κ3) is 3.35. The monoisotopic (exact) mass is 281 g/mol. The van der Waals surface area contributed by atoms with Gasteiger partial charge in [0, 0.05) is 16.9 Å². The highest BCUT2D eigenvalue weighted by Gasteiger charge is 2.25. The Hall–Kier alpha value is -1.36. The molecule has 5 heteroatoms. The fourth-order valence-corrected chi connectivity index (χ4v) is 3.18. The molecule has 1 aliphatic rings. The minimum absolute atomic E-state index is 0.0106. The number of hydrogen-bond acceptors (Lipinski definition) is 4. The summed E-state index contributed by atoms with van der Waals surface area (Å²) in [7, 11) is 1.48. The van der Waals surface area contributed by atoms with E-state index >= 15 is 0 Å². The molecule has 1 aromatic rings. The summed E-state index contributed by atoms with van der Waals surface area (Å²) in [6.07, 6.45) is 5.31. The number of methoxy groups -OCH3 is 1. The van der Waals surface area contributed by atoms with E-state index in [1.54, 1.807) is 12.1 Å². The fraction of sp³-hybridized carbons (Fsp3) is 0.500. The average Bonchev–Trinajstić information content (AvgIpc) is 2.86. The summed E-state index contributed by atoms with van der Waals surface area (Å²) >= 11 is 1.86. The Bertz CT molecular complexity index is 464. The largest absolute Gasteiger partial charge is 0.504 e. The van der Waals surface area contributed by atoms with E-state index < -0.39 is 0 Å². The Morgan fingerprint density at radius 1 is 1.47 bits per heavy atom. The summed E-state index contributed by atoms with van der Waals surface area (Å²) in [5, 5.41) is 13.3. The van der Waals surface area contributed by atoms with Crippen LogP contribution < -0.4 is 10.1 Å². The van der Waals surface area contributed by atoms with Gasteiger partial charge >= 0.3 is 0 Å². The summed E-state index contributed by atoms with van der Waals surface area (Å²) in [5.41, 5.74) is 0.464. The molecular weight excluding hydrogens is 262 g/mol. The fourth-order valence-electron chi connectivity index (χ4n) is 2.39. The van der Waals surface area contributed by atoms with Gasteiger partial charge in [-0.2, -0.15) is 11.8 Å². The van der Waals surface area contributed by atoms with Gasteiger partial charge in [0.15, 0.2) is 11.5 Å². The number of benzene rings is 1. The molecule has 2 unspecified atom stereocenters. The molecule has 1 aromatic carbocycles. The molecule has 2 rings (SSSR count). The van der Waals surface area contributed by atoms with E-state index in [9.17, 15) is 9.90 Å². The SMILES string of the molecule is COc1ccc(C(=O)NC2CCC(SC)C2)cc1O. The zero-order chi connectivity index (χ0) is 13.8. The summed E-state index contributed by atoms with van der Waals surface area (Å²) in [4.78, 5) is 12.1. The van der Waals surface area contributed by atoms with Crippen molar-refractivity contribution in [2.45, 2.75) is 30.6 Å². The standard InChI is InChI=1S/C14H19NO3S/c1-18-13-6-3-9(7-12(13)16)14(17)15-10-4-5-11(8-10)19-2/h3,6-7,10-11,16H,4-5,8H2,1-2H3,(H,15,17). The van der Waals surface area contributed by atoms with E-state index in [1.165, 1.54) is 13.2 Å². The second kappa shape index (κ2) is 6.19. The van der Waals surface area contributed by atoms with Crippen LogP contribution in [-0.4, -0.2) is 35.7 Å². The highest BCUT2D eigenvalue weighted by atomic mass is 32.2. The van der Waals surface area contributed by atoms with Crippen molar-refractivity contribution in [1.29, 1.82) is 0 Å². The van der Waals surface area contributed by atoms with Crippen LogP contribution in [0.4, 0.5) is 0 Å². The molecular formula is C14H19NO3S. The number of hydrogen-bond donors (Lipinski definition) is 2. The number of thioether (sulfide) groups is 1. The molecule has 0 saturated heterocycles. The van der Waals surface area contributed by atoms with Crippen molar-refractivity contribution in [3.05, 3.63) is 23.8 Å². The van der Waals surface area contributed by atoms with Crippen molar-refractivity contribution in [3.63, 3.8) is 0 Å². The number of carbonyl (C=O) groups excluding carboxylic acids is 1. The molecule has 1 aliphatic carbocycles. The molecule has 0 bridgehead atoms. The van der Waals surface area contributed by atoms with Crippen LogP contribution in [0.25, 0.3) is 0 Å². The van der Waals surface area contributed by atoms with Gasteiger partial charge in [-0.25, -0.2) is 0 Å². The van der Waals surface area contributed by atoms with Gasteiger partial charge in [-0.1, -0.05) is 0 Å². The smallest absolute Gasteiger partial charge is 0.251 e. The molecule has 2 atom stereocenters. The molecule has 0 aliphatic heterocycles. The lowest BCUT2D eigenvalue weighted by molar-refractivity contribution is 0.0937. The molecule has 2 N–H and O–H groups in total. The second-order valence-corrected chi connectivity index (χ2v) is 5.87. The Morgan fingerprint density at radius 2 is 2.26 bits per heavy atom. The second-order valence-electron chi connectivity index (χ2n) is 4.73. The first kappa shape index (κ1) is 14.1. The van der Waals surface area contributed by atoms with Crippen LogP contribution in [0.2, 0.25) is 0 Å². The third-order valence-corrected chi connectivity index (χ3v) is 4.59. The van der Waals surface area contributed by atoms with E-state index in [4.69, 9.17) is 4.74 Å². The Kier molecular flexibility index (Phi) is 4.58. The van der Waals surface area contributed by atoms with E-state index in [1.807, 2.05) is 11.8 Å². The van der Waals surface area contributed by atoms with E-state index in [0.717, 1.165) is 19.3 Å². The van der Waals surface area contributed by atoms with Crippen molar-refractivity contribution < 1.29 is 14.6 Å². The van der Waals surface area contributed by atoms with Crippen LogP contribution in [0.3, 0.4) is 0 Å². The van der Waals surface area contributed by atoms with E-state index in [0.29, 0.717) is 16.6 Å². The van der Waals surface area contributed by atoms with Crippen LogP contribution in [0.5, 0.6) is 11.5 Å². The van der Waals surface area contributed by atoms with Gasteiger partial charge in [0.25, 0.3) is 5.91 Å². The van der Waals surface area contributed by atoms with Gasteiger partial charge in [0.05, 0.1) is 7.11 Å².